The molecule has 0 unspecified atom stereocenters. The maximum Gasteiger partial charge on any atom is 0.234 e. The van der Waals surface area contributed by atoms with E-state index in [0.29, 0.717) is 11.5 Å². The molecule has 0 fully saturated rings. The van der Waals surface area contributed by atoms with Crippen LogP contribution in [-0.4, -0.2) is 14.4 Å². The Balaban J connectivity index is 2.86. The fourth-order valence-corrected chi connectivity index (χ4v) is 1.24. The third-order valence-corrected chi connectivity index (χ3v) is 1.86. The van der Waals surface area contributed by atoms with Gasteiger partial charge < -0.3 is 0 Å². The zero-order valence-electron chi connectivity index (χ0n) is 5.90. The number of imidazole rings is 1. The molecule has 0 amide bonds. The van der Waals surface area contributed by atoms with Gasteiger partial charge in [0.2, 0.25) is 5.78 Å². The minimum atomic E-state index is 0.485. The van der Waals surface area contributed by atoms with Gasteiger partial charge in [0.05, 0.1) is 10.7 Å². The predicted octanol–water partition coefficient (Wildman–Crippen LogP) is 1.36. The average molecular weight is 223 g/mol. The molecule has 2 aromatic rings. The number of fused-ring (bicyclic) bond motifs is 1. The van der Waals surface area contributed by atoms with Crippen molar-refractivity contribution in [3.8, 4) is 6.07 Å². The standard InChI is InChI=1S/C7H3BrN4/c8-5-2-10-7-11-3-6(1-9)12(7)4-5/h2-4H. The highest BCUT2D eigenvalue weighted by Crippen LogP contribution is 2.09. The van der Waals surface area contributed by atoms with Gasteiger partial charge in [-0.1, -0.05) is 0 Å². The molecule has 12 heavy (non-hydrogen) atoms. The number of halogens is 1. The van der Waals surface area contributed by atoms with E-state index < -0.39 is 0 Å². The molecule has 0 spiro atoms. The Morgan fingerprint density at radius 3 is 2.92 bits per heavy atom. The topological polar surface area (TPSA) is 54.0 Å². The highest BCUT2D eigenvalue weighted by Gasteiger charge is 2.01. The summed E-state index contributed by atoms with van der Waals surface area (Å²) in [5.74, 6) is 0.537. The van der Waals surface area contributed by atoms with E-state index in [1.165, 1.54) is 6.20 Å². The lowest BCUT2D eigenvalue weighted by Crippen LogP contribution is -1.89. The maximum absolute atomic E-state index is 8.66. The van der Waals surface area contributed by atoms with E-state index in [0.717, 1.165) is 4.47 Å². The molecule has 0 aliphatic rings. The lowest BCUT2D eigenvalue weighted by atomic mass is 10.5. The van der Waals surface area contributed by atoms with Crippen molar-refractivity contribution < 1.29 is 0 Å². The zero-order chi connectivity index (χ0) is 8.55. The molecule has 0 aliphatic heterocycles. The molecule has 0 bridgehead atoms. The van der Waals surface area contributed by atoms with Crippen molar-refractivity contribution in [1.82, 2.24) is 14.4 Å². The summed E-state index contributed by atoms with van der Waals surface area (Å²) in [7, 11) is 0. The first-order valence-electron chi connectivity index (χ1n) is 3.20. The number of rotatable bonds is 0. The van der Waals surface area contributed by atoms with Gasteiger partial charge in [-0.3, -0.25) is 4.40 Å². The normalized spacial score (nSPS) is 10.0. The van der Waals surface area contributed by atoms with Crippen LogP contribution in [-0.2, 0) is 0 Å². The Morgan fingerprint density at radius 2 is 2.17 bits per heavy atom. The van der Waals surface area contributed by atoms with Crippen LogP contribution in [0.3, 0.4) is 0 Å². The van der Waals surface area contributed by atoms with Crippen LogP contribution in [0.4, 0.5) is 0 Å². The van der Waals surface area contributed by atoms with Crippen LogP contribution < -0.4 is 0 Å². The van der Waals surface area contributed by atoms with Crippen molar-refractivity contribution in [3.63, 3.8) is 0 Å². The minimum absolute atomic E-state index is 0.485. The average Bonchev–Trinajstić information content (AvgIpc) is 2.46. The number of aromatic nitrogens is 3. The van der Waals surface area contributed by atoms with Crippen molar-refractivity contribution in [1.29, 1.82) is 5.26 Å². The Morgan fingerprint density at radius 1 is 1.42 bits per heavy atom. The van der Waals surface area contributed by atoms with Crippen molar-refractivity contribution in [3.05, 3.63) is 28.8 Å². The minimum Gasteiger partial charge on any atom is -0.274 e. The van der Waals surface area contributed by atoms with E-state index in [1.807, 2.05) is 6.07 Å². The van der Waals surface area contributed by atoms with Gasteiger partial charge in [0, 0.05) is 12.4 Å². The number of hydrogen-bond donors (Lipinski definition) is 0. The van der Waals surface area contributed by atoms with Gasteiger partial charge >= 0.3 is 0 Å². The molecule has 4 nitrogen and oxygen atoms in total. The molecule has 2 heterocycles. The molecule has 0 saturated carbocycles. The molecule has 2 rings (SSSR count). The first-order valence-corrected chi connectivity index (χ1v) is 3.99. The summed E-state index contributed by atoms with van der Waals surface area (Å²) < 4.78 is 2.45. The second-order valence-electron chi connectivity index (χ2n) is 2.20. The second-order valence-corrected chi connectivity index (χ2v) is 3.11. The van der Waals surface area contributed by atoms with Crippen molar-refractivity contribution in [2.75, 3.05) is 0 Å². The maximum atomic E-state index is 8.66. The summed E-state index contributed by atoms with van der Waals surface area (Å²) in [4.78, 5) is 7.94. The smallest absolute Gasteiger partial charge is 0.234 e. The van der Waals surface area contributed by atoms with E-state index in [9.17, 15) is 0 Å². The fraction of sp³-hybridized carbons (Fsp3) is 0. The summed E-state index contributed by atoms with van der Waals surface area (Å²) in [5, 5.41) is 8.66. The number of hydrogen-bond acceptors (Lipinski definition) is 3. The van der Waals surface area contributed by atoms with Gasteiger partial charge in [0.25, 0.3) is 0 Å². The fourth-order valence-electron chi connectivity index (χ4n) is 0.933. The molecule has 0 aromatic carbocycles. The van der Waals surface area contributed by atoms with E-state index in [2.05, 4.69) is 25.9 Å². The van der Waals surface area contributed by atoms with Crippen LogP contribution in [0.1, 0.15) is 5.69 Å². The number of nitriles is 1. The molecular formula is C7H3BrN4. The lowest BCUT2D eigenvalue weighted by Gasteiger charge is -1.93. The van der Waals surface area contributed by atoms with Gasteiger partial charge in [0.1, 0.15) is 11.8 Å². The van der Waals surface area contributed by atoms with Gasteiger partial charge in [-0.05, 0) is 15.9 Å². The van der Waals surface area contributed by atoms with Gasteiger partial charge in [-0.25, -0.2) is 9.97 Å². The Kier molecular flexibility index (Phi) is 1.55. The summed E-state index contributed by atoms with van der Waals surface area (Å²) in [6.07, 6.45) is 4.89. The summed E-state index contributed by atoms with van der Waals surface area (Å²) in [5.41, 5.74) is 0.485. The molecular weight excluding hydrogens is 220 g/mol. The van der Waals surface area contributed by atoms with Crippen LogP contribution in [0.15, 0.2) is 23.1 Å². The monoisotopic (exact) mass is 222 g/mol. The van der Waals surface area contributed by atoms with Gasteiger partial charge in [-0.15, -0.1) is 0 Å². The highest BCUT2D eigenvalue weighted by atomic mass is 79.9. The van der Waals surface area contributed by atoms with Crippen LogP contribution in [0.5, 0.6) is 0 Å². The molecule has 5 heteroatoms. The number of nitrogens with zero attached hydrogens (tertiary/aromatic N) is 4. The third kappa shape index (κ3) is 0.970. The summed E-state index contributed by atoms with van der Waals surface area (Å²) in [6.45, 7) is 0. The zero-order valence-corrected chi connectivity index (χ0v) is 7.48. The molecule has 0 N–H and O–H groups in total. The van der Waals surface area contributed by atoms with E-state index in [1.54, 1.807) is 16.8 Å². The van der Waals surface area contributed by atoms with Gasteiger partial charge in [0.15, 0.2) is 0 Å². The quantitative estimate of drug-likeness (QED) is 0.677. The van der Waals surface area contributed by atoms with E-state index >= 15 is 0 Å². The molecule has 0 radical (unpaired) electrons. The predicted molar refractivity (Wildman–Crippen MR) is 45.4 cm³/mol. The first-order chi connectivity index (χ1) is 5.81. The molecule has 0 aliphatic carbocycles. The lowest BCUT2D eigenvalue weighted by molar-refractivity contribution is 1.08. The molecule has 0 atom stereocenters. The molecule has 0 saturated heterocycles. The molecule has 58 valence electrons. The van der Waals surface area contributed by atoms with Gasteiger partial charge in [-0.2, -0.15) is 5.26 Å². The third-order valence-electron chi connectivity index (χ3n) is 1.45. The first kappa shape index (κ1) is 7.25. The van der Waals surface area contributed by atoms with Crippen LogP contribution >= 0.6 is 15.9 Å². The molecule has 2 aromatic heterocycles. The van der Waals surface area contributed by atoms with Crippen molar-refractivity contribution >= 4 is 21.7 Å². The van der Waals surface area contributed by atoms with Crippen LogP contribution in [0.2, 0.25) is 0 Å². The summed E-state index contributed by atoms with van der Waals surface area (Å²) in [6, 6.07) is 2.02. The van der Waals surface area contributed by atoms with Crippen molar-refractivity contribution in [2.24, 2.45) is 0 Å². The highest BCUT2D eigenvalue weighted by molar-refractivity contribution is 9.10. The summed E-state index contributed by atoms with van der Waals surface area (Å²) >= 11 is 3.26. The second kappa shape index (κ2) is 2.57. The Hall–Kier alpha value is -1.41. The van der Waals surface area contributed by atoms with Crippen LogP contribution in [0, 0.1) is 11.3 Å². The van der Waals surface area contributed by atoms with E-state index in [-0.39, 0.29) is 0 Å². The SMILES string of the molecule is N#Cc1cnc2ncc(Br)cn12. The van der Waals surface area contributed by atoms with E-state index in [4.69, 9.17) is 5.26 Å². The van der Waals surface area contributed by atoms with Crippen molar-refractivity contribution in [2.45, 2.75) is 0 Å². The Labute approximate surface area is 76.6 Å². The Bertz CT molecular complexity index is 468. The van der Waals surface area contributed by atoms with Crippen LogP contribution in [0.25, 0.3) is 5.78 Å². The largest absolute Gasteiger partial charge is 0.274 e.